The number of likely N-dealkylation sites (tertiary alicyclic amines) is 1. The van der Waals surface area contributed by atoms with Gasteiger partial charge in [0.15, 0.2) is 0 Å². The van der Waals surface area contributed by atoms with Crippen molar-refractivity contribution in [1.29, 1.82) is 0 Å². The number of amides is 7. The molecule has 6 aliphatic carbocycles. The first-order chi connectivity index (χ1) is 59.7. The van der Waals surface area contributed by atoms with E-state index in [9.17, 15) is 37.2 Å². The standard InChI is InChI=1S/C33H41N5O6S.C32H37N3O5.C31H35N3O4/c1-36(2)45(41,42)35-31(39)21-10-12-25-28(14-21)38-19-33(34-32(40)37-17-23(18-37)44-4)16-27(33)26-15-22(43-3)11-13-24(26)30(38)29(25)20-8-6-5-7-9-20;1-38-22-9-11-23-25(17-22)26-18-32(26,33-31(37)34-12-14-40-15-13-34)19-35-27-16-21(30(36)39-2)8-10-24(27)28(29(23)35)20-6-4-3-5-7-20;1-37-29(35)21-11-12-24-26(17-21)34-19-31(32-30(36)33-13-15-38-16-14-33)18-25(31)22-9-5-6-10-23(22)28(34)27(24)20-7-3-2-4-8-20/h10-15,20,23,27H,5-9,16-19H2,1-4H3,(H,34,40)(H,35,39);8-11,16-17,20,26H,3-7,12-15,18-19H2,1-2H3,(H,33,37);5-6,9-12,17,20,25H,2-4,7-8,13-16,18-19H2,1H3,(H,32,36). The molecule has 648 valence electrons. The second-order valence-corrected chi connectivity index (χ2v) is 38.3. The molecule has 0 radical (unpaired) electrons. The number of nitrogens with zero attached hydrogens (tertiary/aromatic N) is 7. The maximum Gasteiger partial charge on any atom is 0.337 e. The predicted molar refractivity (Wildman–Crippen MR) is 468 cm³/mol. The Morgan fingerprint density at radius 3 is 1.18 bits per heavy atom. The fourth-order valence-corrected chi connectivity index (χ4v) is 22.9. The lowest BCUT2D eigenvalue weighted by molar-refractivity contribution is -0.00856. The number of rotatable bonds is 14. The molecule has 0 spiro atoms. The van der Waals surface area contributed by atoms with E-state index in [1.165, 1.54) is 160 Å². The molecule has 9 heterocycles. The maximum atomic E-state index is 13.5. The van der Waals surface area contributed by atoms with Crippen LogP contribution >= 0.6 is 0 Å². The van der Waals surface area contributed by atoms with Crippen LogP contribution in [-0.4, -0.2) is 215 Å². The number of benzene rings is 6. The fraction of sp³-hybridized carbons (Fsp3) is 0.500. The minimum atomic E-state index is -3.96. The van der Waals surface area contributed by atoms with Crippen molar-refractivity contribution in [3.63, 3.8) is 0 Å². The van der Waals surface area contributed by atoms with Gasteiger partial charge in [-0.1, -0.05) is 100 Å². The van der Waals surface area contributed by atoms with Crippen molar-refractivity contribution in [3.8, 4) is 45.3 Å². The number of aromatic nitrogens is 3. The normalized spacial score (nSPS) is 23.8. The Balaban J connectivity index is 0.000000122. The summed E-state index contributed by atoms with van der Waals surface area (Å²) in [4.78, 5) is 84.4. The Hall–Kier alpha value is -10.4. The first kappa shape index (κ1) is 82.2. The summed E-state index contributed by atoms with van der Waals surface area (Å²) < 4.78 is 73.1. The molecule has 7 amide bonds. The smallest absolute Gasteiger partial charge is 0.337 e. The SMILES string of the molecule is COC(=O)c1ccc2c(C3CCCCC3)c3n(c2c1)CC1(NC(=O)N2CCOCC2)CC1c1cc(OC)ccc1-3.COC(=O)c1ccc2c(C3CCCCC3)c3n(c2c1)CC1(NC(=O)N2CCOCC2)CC1c1ccccc1-3.COc1ccc2c(c1)C1CC1(NC(=O)N1CC(OC)C1)Cn1c-2c(C2CCCCC2)c2ccc(C(=O)NS(=O)(=O)N(C)C)cc21. The van der Waals surface area contributed by atoms with Crippen LogP contribution in [-0.2, 0) is 53.5 Å². The zero-order valence-electron chi connectivity index (χ0n) is 71.6. The Morgan fingerprint density at radius 2 is 0.797 bits per heavy atom. The van der Waals surface area contributed by atoms with E-state index < -0.39 is 27.2 Å². The molecule has 3 saturated heterocycles. The van der Waals surface area contributed by atoms with Crippen molar-refractivity contribution in [2.24, 2.45) is 0 Å². The molecule has 123 heavy (non-hydrogen) atoms. The number of methoxy groups -OCH3 is 5. The zero-order valence-corrected chi connectivity index (χ0v) is 72.4. The van der Waals surface area contributed by atoms with E-state index in [0.717, 1.165) is 99.5 Å². The lowest BCUT2D eigenvalue weighted by Crippen LogP contribution is -2.59. The number of ether oxygens (including phenoxy) is 7. The molecule has 4 N–H and O–H groups in total. The molecule has 6 unspecified atom stereocenters. The zero-order chi connectivity index (χ0) is 85.0. The second kappa shape index (κ2) is 32.9. The molecule has 3 aromatic heterocycles. The summed E-state index contributed by atoms with van der Waals surface area (Å²) in [5, 5.41) is 13.9. The van der Waals surface area contributed by atoms with Crippen molar-refractivity contribution in [1.82, 2.24) is 53.4 Å². The Kier molecular flexibility index (Phi) is 22.0. The number of hydrogen-bond donors (Lipinski definition) is 4. The average Bonchev–Trinajstić information content (AvgIpc) is 1.53. The number of fused-ring (bicyclic) bond motifs is 21. The van der Waals surface area contributed by atoms with Crippen molar-refractivity contribution >= 4 is 78.9 Å². The minimum Gasteiger partial charge on any atom is -0.497 e. The Bertz CT molecular complexity index is 5800. The third-order valence-electron chi connectivity index (χ3n) is 29.2. The third-order valence-corrected chi connectivity index (χ3v) is 30.6. The molecule has 0 bridgehead atoms. The molecule has 27 heteroatoms. The highest BCUT2D eigenvalue weighted by atomic mass is 32.2. The highest BCUT2D eigenvalue weighted by Crippen LogP contribution is 2.64. The van der Waals surface area contributed by atoms with E-state index in [4.69, 9.17) is 33.2 Å². The highest BCUT2D eigenvalue weighted by molar-refractivity contribution is 7.87. The van der Waals surface area contributed by atoms with E-state index in [0.29, 0.717) is 114 Å². The number of carbonyl (C=O) groups excluding carboxylic acids is 6. The molecular weight excluding hydrogens is 1580 g/mol. The van der Waals surface area contributed by atoms with Gasteiger partial charge in [0, 0.05) is 140 Å². The van der Waals surface area contributed by atoms with Crippen LogP contribution in [0.1, 0.15) is 216 Å². The summed E-state index contributed by atoms with van der Waals surface area (Å²) in [5.41, 5.74) is 18.0. The van der Waals surface area contributed by atoms with Crippen LogP contribution in [0.15, 0.2) is 115 Å². The number of esters is 2. The summed E-state index contributed by atoms with van der Waals surface area (Å²) in [6, 6.07) is 38.8. The van der Waals surface area contributed by atoms with Gasteiger partial charge >= 0.3 is 40.2 Å². The van der Waals surface area contributed by atoms with Gasteiger partial charge in [-0.25, -0.2) is 28.7 Å². The third kappa shape index (κ3) is 14.9. The van der Waals surface area contributed by atoms with E-state index in [1.54, 1.807) is 32.3 Å². The molecule has 6 aliphatic heterocycles. The summed E-state index contributed by atoms with van der Waals surface area (Å²) in [6.45, 7) is 7.73. The minimum absolute atomic E-state index is 0.00375. The van der Waals surface area contributed by atoms with Crippen LogP contribution in [0.4, 0.5) is 14.4 Å². The van der Waals surface area contributed by atoms with E-state index in [2.05, 4.69) is 95.0 Å². The molecule has 9 fully saturated rings. The van der Waals surface area contributed by atoms with E-state index in [-0.39, 0.29) is 65.0 Å². The quantitative estimate of drug-likeness (QED) is 0.0737. The predicted octanol–water partition coefficient (Wildman–Crippen LogP) is 15.0. The number of carbonyl (C=O) groups is 6. The topological polar surface area (TPSA) is 277 Å². The van der Waals surface area contributed by atoms with Gasteiger partial charge in [0.05, 0.1) is 119 Å². The van der Waals surface area contributed by atoms with Crippen LogP contribution in [0, 0.1) is 0 Å². The van der Waals surface area contributed by atoms with Crippen LogP contribution in [0.2, 0.25) is 0 Å². The lowest BCUT2D eigenvalue weighted by atomic mass is 9.81. The van der Waals surface area contributed by atoms with E-state index in [1.807, 2.05) is 58.3 Å². The molecule has 6 atom stereocenters. The molecule has 9 aromatic rings. The molecule has 6 saturated carbocycles. The van der Waals surface area contributed by atoms with Gasteiger partial charge in [0.25, 0.3) is 5.91 Å². The van der Waals surface area contributed by atoms with Crippen molar-refractivity contribution in [2.75, 3.05) is 115 Å². The second-order valence-electron chi connectivity index (χ2n) is 36.4. The van der Waals surface area contributed by atoms with Gasteiger partial charge < -0.3 is 77.5 Å². The van der Waals surface area contributed by atoms with E-state index >= 15 is 0 Å². The molecule has 26 nitrogen and oxygen atoms in total. The largest absolute Gasteiger partial charge is 0.497 e. The first-order valence-electron chi connectivity index (χ1n) is 44.4. The average molecular weight is 1690 g/mol. The summed E-state index contributed by atoms with van der Waals surface area (Å²) in [5.74, 6) is 2.11. The van der Waals surface area contributed by atoms with Crippen LogP contribution in [0.25, 0.3) is 66.5 Å². The monoisotopic (exact) mass is 1690 g/mol. The summed E-state index contributed by atoms with van der Waals surface area (Å²) >= 11 is 0. The number of urea groups is 3. The molecular formula is C96H113N11O15S. The Labute approximate surface area is 718 Å². The van der Waals surface area contributed by atoms with Crippen LogP contribution < -0.4 is 30.1 Å². The van der Waals surface area contributed by atoms with Gasteiger partial charge in [0.2, 0.25) is 0 Å². The van der Waals surface area contributed by atoms with Gasteiger partial charge in [-0.3, -0.25) is 4.79 Å². The van der Waals surface area contributed by atoms with Gasteiger partial charge in [0.1, 0.15) is 11.5 Å². The van der Waals surface area contributed by atoms with Crippen LogP contribution in [0.5, 0.6) is 11.5 Å². The fourth-order valence-electron chi connectivity index (χ4n) is 22.4. The Morgan fingerprint density at radius 1 is 0.431 bits per heavy atom. The number of hydrogen-bond acceptors (Lipinski definition) is 15. The summed E-state index contributed by atoms with van der Waals surface area (Å²) in [6.07, 6.45) is 20.6. The van der Waals surface area contributed by atoms with Crippen molar-refractivity contribution in [3.05, 3.63) is 165 Å². The first-order valence-corrected chi connectivity index (χ1v) is 45.9. The lowest BCUT2D eigenvalue weighted by Gasteiger charge is -2.39. The molecule has 21 rings (SSSR count). The van der Waals surface area contributed by atoms with Gasteiger partial charge in [-0.15, -0.1) is 0 Å². The number of morpholine rings is 2. The van der Waals surface area contributed by atoms with Crippen LogP contribution in [0.3, 0.4) is 0 Å². The highest BCUT2D eigenvalue weighted by Gasteiger charge is 2.62. The van der Waals surface area contributed by atoms with Crippen molar-refractivity contribution in [2.45, 2.75) is 193 Å². The summed E-state index contributed by atoms with van der Waals surface area (Å²) in [7, 11) is 6.69. The van der Waals surface area contributed by atoms with Crippen molar-refractivity contribution < 1.29 is 70.3 Å². The number of nitrogens with one attached hydrogen (secondary N) is 4. The molecule has 6 aromatic carbocycles. The van der Waals surface area contributed by atoms with Gasteiger partial charge in [-0.05, 0) is 182 Å². The maximum absolute atomic E-state index is 13.5. The van der Waals surface area contributed by atoms with Gasteiger partial charge in [-0.2, -0.15) is 12.7 Å². The molecule has 12 aliphatic rings.